The van der Waals surface area contributed by atoms with Crippen LogP contribution in [0.25, 0.3) is 0 Å². The predicted octanol–water partition coefficient (Wildman–Crippen LogP) is 3.47. The van der Waals surface area contributed by atoms with Crippen LogP contribution in [0.5, 0.6) is 0 Å². The van der Waals surface area contributed by atoms with Crippen molar-refractivity contribution in [2.45, 2.75) is 11.6 Å². The maximum atomic E-state index is 13.5. The number of carbonyl (C=O) groups is 1. The summed E-state index contributed by atoms with van der Waals surface area (Å²) in [6.45, 7) is 0. The predicted molar refractivity (Wildman–Crippen MR) is 89.2 cm³/mol. The summed E-state index contributed by atoms with van der Waals surface area (Å²) in [6, 6.07) is 6.85. The highest BCUT2D eigenvalue weighted by atomic mass is 32.2. The van der Waals surface area contributed by atoms with E-state index >= 15 is 0 Å². The number of H-pyrrole nitrogens is 1. The molecular weight excluding hydrogens is 354 g/mol. The first-order valence-corrected chi connectivity index (χ1v) is 8.78. The first-order valence-electron chi connectivity index (χ1n) is 6.91. The summed E-state index contributed by atoms with van der Waals surface area (Å²) in [6.07, 6.45) is 0.645. The molecule has 3 aromatic rings. The van der Waals surface area contributed by atoms with E-state index in [2.05, 4.69) is 20.5 Å². The van der Waals surface area contributed by atoms with Crippen LogP contribution in [0.2, 0.25) is 0 Å². The van der Waals surface area contributed by atoms with Crippen molar-refractivity contribution in [3.63, 3.8) is 0 Å². The number of halogens is 2. The third kappa shape index (κ3) is 4.39. The van der Waals surface area contributed by atoms with Gasteiger partial charge < -0.3 is 5.32 Å². The standard InChI is InChI=1S/C15H12F2N4OS2/c16-9-3-4-11(17)12(6-9)18-14(22)8-24-15-19-13(20-21-15)7-10-2-1-5-23-10/h1-6H,7-8H2,(H,18,22)(H,19,20,21). The highest BCUT2D eigenvalue weighted by Crippen LogP contribution is 2.18. The minimum atomic E-state index is -0.689. The van der Waals surface area contributed by atoms with Crippen molar-refractivity contribution in [1.29, 1.82) is 0 Å². The van der Waals surface area contributed by atoms with Crippen LogP contribution in [0.15, 0.2) is 40.9 Å². The molecule has 0 aliphatic rings. The topological polar surface area (TPSA) is 70.7 Å². The summed E-state index contributed by atoms with van der Waals surface area (Å²) in [4.78, 5) is 17.3. The van der Waals surface area contributed by atoms with Crippen molar-refractivity contribution in [2.24, 2.45) is 0 Å². The van der Waals surface area contributed by atoms with Crippen LogP contribution < -0.4 is 5.32 Å². The molecule has 1 amide bonds. The molecule has 0 aliphatic heterocycles. The lowest BCUT2D eigenvalue weighted by atomic mass is 10.3. The Hall–Kier alpha value is -2.26. The summed E-state index contributed by atoms with van der Waals surface area (Å²) in [5.74, 6) is -1.07. The lowest BCUT2D eigenvalue weighted by Crippen LogP contribution is -2.15. The van der Waals surface area contributed by atoms with Gasteiger partial charge in [-0.15, -0.1) is 16.4 Å². The van der Waals surface area contributed by atoms with Gasteiger partial charge in [-0.05, 0) is 23.6 Å². The minimum absolute atomic E-state index is 0.00769. The van der Waals surface area contributed by atoms with E-state index in [-0.39, 0.29) is 11.4 Å². The van der Waals surface area contributed by atoms with Gasteiger partial charge in [-0.25, -0.2) is 13.8 Å². The molecule has 9 heteroatoms. The highest BCUT2D eigenvalue weighted by Gasteiger charge is 2.11. The highest BCUT2D eigenvalue weighted by molar-refractivity contribution is 7.99. The third-order valence-corrected chi connectivity index (χ3v) is 4.69. The van der Waals surface area contributed by atoms with E-state index in [4.69, 9.17) is 0 Å². The fraction of sp³-hybridized carbons (Fsp3) is 0.133. The van der Waals surface area contributed by atoms with Gasteiger partial charge in [-0.3, -0.25) is 9.89 Å². The van der Waals surface area contributed by atoms with E-state index in [1.54, 1.807) is 11.3 Å². The summed E-state index contributed by atoms with van der Waals surface area (Å²) >= 11 is 2.74. The molecule has 0 saturated heterocycles. The second-order valence-corrected chi connectivity index (χ2v) is 6.76. The van der Waals surface area contributed by atoms with Crippen molar-refractivity contribution in [3.8, 4) is 0 Å². The van der Waals surface area contributed by atoms with Crippen molar-refractivity contribution >= 4 is 34.7 Å². The number of hydrogen-bond acceptors (Lipinski definition) is 5. The summed E-state index contributed by atoms with van der Waals surface area (Å²) in [5, 5.41) is 11.6. The Morgan fingerprint density at radius 3 is 3.00 bits per heavy atom. The van der Waals surface area contributed by atoms with Crippen molar-refractivity contribution in [3.05, 3.63) is 58.0 Å². The lowest BCUT2D eigenvalue weighted by molar-refractivity contribution is -0.113. The number of anilines is 1. The zero-order valence-corrected chi connectivity index (χ0v) is 13.9. The van der Waals surface area contributed by atoms with Crippen LogP contribution in [0, 0.1) is 11.6 Å². The molecule has 124 valence electrons. The zero-order chi connectivity index (χ0) is 16.9. The van der Waals surface area contributed by atoms with Gasteiger partial charge >= 0.3 is 0 Å². The molecule has 1 aromatic carbocycles. The Bertz CT molecular complexity index is 836. The largest absolute Gasteiger partial charge is 0.323 e. The molecule has 0 fully saturated rings. The number of amides is 1. The fourth-order valence-corrected chi connectivity index (χ4v) is 3.24. The molecule has 0 bridgehead atoms. The van der Waals surface area contributed by atoms with Crippen LogP contribution in [0.4, 0.5) is 14.5 Å². The number of aromatic amines is 1. The molecule has 2 aromatic heterocycles. The van der Waals surface area contributed by atoms with Gasteiger partial charge in [-0.2, -0.15) is 0 Å². The molecule has 0 aliphatic carbocycles. The normalized spacial score (nSPS) is 10.8. The van der Waals surface area contributed by atoms with Crippen LogP contribution in [-0.4, -0.2) is 26.8 Å². The molecule has 3 rings (SSSR count). The molecule has 0 unspecified atom stereocenters. The number of thiophene rings is 1. The lowest BCUT2D eigenvalue weighted by Gasteiger charge is -2.05. The van der Waals surface area contributed by atoms with E-state index in [0.29, 0.717) is 17.4 Å². The fourth-order valence-electron chi connectivity index (χ4n) is 1.91. The van der Waals surface area contributed by atoms with Crippen molar-refractivity contribution < 1.29 is 13.6 Å². The Labute approximate surface area is 144 Å². The number of aromatic nitrogens is 3. The van der Waals surface area contributed by atoms with Gasteiger partial charge in [0.1, 0.15) is 17.5 Å². The number of thioether (sulfide) groups is 1. The Kier molecular flexibility index (Phi) is 5.21. The summed E-state index contributed by atoms with van der Waals surface area (Å²) in [5.41, 5.74) is -0.186. The van der Waals surface area contributed by atoms with Gasteiger partial charge in [0.2, 0.25) is 11.1 Å². The van der Waals surface area contributed by atoms with Gasteiger partial charge in [-0.1, -0.05) is 17.8 Å². The average molecular weight is 366 g/mol. The Balaban J connectivity index is 1.53. The van der Waals surface area contributed by atoms with Gasteiger partial charge in [0.25, 0.3) is 0 Å². The van der Waals surface area contributed by atoms with Crippen LogP contribution in [-0.2, 0) is 11.2 Å². The first-order chi connectivity index (χ1) is 11.6. The van der Waals surface area contributed by atoms with Gasteiger partial charge in [0.05, 0.1) is 11.4 Å². The Morgan fingerprint density at radius 2 is 2.21 bits per heavy atom. The van der Waals surface area contributed by atoms with Gasteiger partial charge in [0, 0.05) is 17.4 Å². The number of carbonyl (C=O) groups excluding carboxylic acids is 1. The molecule has 2 heterocycles. The zero-order valence-electron chi connectivity index (χ0n) is 12.3. The van der Waals surface area contributed by atoms with E-state index in [0.717, 1.165) is 34.8 Å². The summed E-state index contributed by atoms with van der Waals surface area (Å²) in [7, 11) is 0. The smallest absolute Gasteiger partial charge is 0.234 e. The van der Waals surface area contributed by atoms with E-state index < -0.39 is 17.5 Å². The Morgan fingerprint density at radius 1 is 1.33 bits per heavy atom. The number of benzene rings is 1. The molecule has 2 N–H and O–H groups in total. The molecule has 0 saturated carbocycles. The van der Waals surface area contributed by atoms with Crippen LogP contribution in [0.1, 0.15) is 10.7 Å². The maximum absolute atomic E-state index is 13.5. The number of nitrogens with zero attached hydrogens (tertiary/aromatic N) is 2. The minimum Gasteiger partial charge on any atom is -0.323 e. The number of hydrogen-bond donors (Lipinski definition) is 2. The molecule has 5 nitrogen and oxygen atoms in total. The maximum Gasteiger partial charge on any atom is 0.234 e. The SMILES string of the molecule is O=C(CSc1n[nH]c(Cc2cccs2)n1)Nc1cc(F)ccc1F. The monoisotopic (exact) mass is 366 g/mol. The molecule has 0 spiro atoms. The quantitative estimate of drug-likeness (QED) is 0.656. The van der Waals surface area contributed by atoms with Crippen LogP contribution in [0.3, 0.4) is 0 Å². The second kappa shape index (κ2) is 7.54. The molecule has 0 radical (unpaired) electrons. The van der Waals surface area contributed by atoms with Gasteiger partial charge in [0.15, 0.2) is 0 Å². The third-order valence-electron chi connectivity index (χ3n) is 2.97. The van der Waals surface area contributed by atoms with Crippen molar-refractivity contribution in [2.75, 3.05) is 11.1 Å². The van der Waals surface area contributed by atoms with Crippen molar-refractivity contribution in [1.82, 2.24) is 15.2 Å². The van der Waals surface area contributed by atoms with E-state index in [1.165, 1.54) is 0 Å². The van der Waals surface area contributed by atoms with Crippen LogP contribution >= 0.6 is 23.1 Å². The molecule has 0 atom stereocenters. The number of rotatable bonds is 6. The second-order valence-electron chi connectivity index (χ2n) is 4.78. The first kappa shape index (κ1) is 16.6. The molecular formula is C15H12F2N4OS2. The summed E-state index contributed by atoms with van der Waals surface area (Å²) < 4.78 is 26.5. The van der Waals surface area contributed by atoms with E-state index in [9.17, 15) is 13.6 Å². The number of nitrogens with one attached hydrogen (secondary N) is 2. The van der Waals surface area contributed by atoms with E-state index in [1.807, 2.05) is 17.5 Å². The average Bonchev–Trinajstić information content (AvgIpc) is 3.21. The molecule has 24 heavy (non-hydrogen) atoms.